The van der Waals surface area contributed by atoms with Gasteiger partial charge in [-0.05, 0) is 19.9 Å². The molecule has 4 nitrogen and oxygen atoms in total. The fourth-order valence-corrected chi connectivity index (χ4v) is 2.76. The van der Waals surface area contributed by atoms with Gasteiger partial charge in [0.05, 0.1) is 6.33 Å². The first-order valence-corrected chi connectivity index (χ1v) is 7.68. The van der Waals surface area contributed by atoms with E-state index in [9.17, 15) is 4.21 Å². The third kappa shape index (κ3) is 2.60. The summed E-state index contributed by atoms with van der Waals surface area (Å²) >= 11 is 0. The molecule has 2 rings (SSSR count). The van der Waals surface area contributed by atoms with Gasteiger partial charge in [0.1, 0.15) is 0 Å². The zero-order chi connectivity index (χ0) is 12.5. The Hall–Kier alpha value is -0.680. The van der Waals surface area contributed by atoms with Crippen molar-refractivity contribution in [2.45, 2.75) is 37.5 Å². The van der Waals surface area contributed by atoms with E-state index in [0.717, 1.165) is 26.1 Å². The normalized spacial score (nSPS) is 28.2. The summed E-state index contributed by atoms with van der Waals surface area (Å²) in [6.07, 6.45) is 6.73. The molecule has 0 aromatic carbocycles. The predicted octanol–water partition coefficient (Wildman–Crippen LogP) is 0.901. The molecular weight excluding hydrogens is 234 g/mol. The van der Waals surface area contributed by atoms with Crippen molar-refractivity contribution in [1.29, 1.82) is 0 Å². The van der Waals surface area contributed by atoms with Crippen molar-refractivity contribution in [1.82, 2.24) is 14.9 Å². The lowest BCUT2D eigenvalue weighted by Crippen LogP contribution is -2.30. The summed E-state index contributed by atoms with van der Waals surface area (Å²) in [5.74, 6) is 0. The van der Waals surface area contributed by atoms with Gasteiger partial charge >= 0.3 is 0 Å². The van der Waals surface area contributed by atoms with Gasteiger partial charge in [-0.3, -0.25) is 4.21 Å². The van der Waals surface area contributed by atoms with Crippen molar-refractivity contribution < 1.29 is 4.21 Å². The van der Waals surface area contributed by atoms with Crippen LogP contribution in [0.5, 0.6) is 0 Å². The second-order valence-electron chi connectivity index (χ2n) is 5.23. The van der Waals surface area contributed by atoms with E-state index < -0.39 is 10.8 Å². The molecule has 17 heavy (non-hydrogen) atoms. The number of nitrogens with zero attached hydrogens (tertiary/aromatic N) is 2. The first-order valence-electron chi connectivity index (χ1n) is 6.06. The molecule has 3 unspecified atom stereocenters. The van der Waals surface area contributed by atoms with Crippen molar-refractivity contribution in [3.63, 3.8) is 0 Å². The first-order chi connectivity index (χ1) is 8.03. The summed E-state index contributed by atoms with van der Waals surface area (Å²) in [5.41, 5.74) is 1.44. The van der Waals surface area contributed by atoms with E-state index in [2.05, 4.69) is 21.8 Å². The summed E-state index contributed by atoms with van der Waals surface area (Å²) < 4.78 is 13.6. The van der Waals surface area contributed by atoms with E-state index in [4.69, 9.17) is 0 Å². The van der Waals surface area contributed by atoms with Crippen LogP contribution in [0.25, 0.3) is 0 Å². The van der Waals surface area contributed by atoms with Crippen molar-refractivity contribution in [3.8, 4) is 0 Å². The first kappa shape index (κ1) is 12.8. The molecule has 0 radical (unpaired) electrons. The number of imidazole rings is 1. The molecule has 0 amide bonds. The highest BCUT2D eigenvalue weighted by atomic mass is 32.2. The summed E-state index contributed by atoms with van der Waals surface area (Å²) in [4.78, 5) is 4.26. The van der Waals surface area contributed by atoms with Crippen molar-refractivity contribution in [2.24, 2.45) is 0 Å². The molecule has 1 fully saturated rings. The molecule has 1 N–H and O–H groups in total. The Balaban J connectivity index is 2.19. The predicted molar refractivity (Wildman–Crippen MR) is 70.6 cm³/mol. The largest absolute Gasteiger partial charge is 0.333 e. The van der Waals surface area contributed by atoms with Crippen molar-refractivity contribution in [3.05, 3.63) is 18.2 Å². The van der Waals surface area contributed by atoms with Crippen molar-refractivity contribution >= 4 is 10.8 Å². The fraction of sp³-hybridized carbons (Fsp3) is 0.750. The fourth-order valence-electron chi connectivity index (χ4n) is 2.39. The van der Waals surface area contributed by atoms with Gasteiger partial charge in [0.2, 0.25) is 0 Å². The second kappa shape index (κ2) is 4.90. The van der Waals surface area contributed by atoms with Crippen LogP contribution >= 0.6 is 0 Å². The van der Waals surface area contributed by atoms with Crippen LogP contribution in [0, 0.1) is 0 Å². The standard InChI is InChI=1S/C12H21N3OS/c1-10(17(3)16)7-15-9-14-6-11(15)12(2)4-5-13-8-12/h6,9-10,13H,4-5,7-8H2,1-3H3. The van der Waals surface area contributed by atoms with E-state index in [0.29, 0.717) is 0 Å². The average Bonchev–Trinajstić information content (AvgIpc) is 2.87. The van der Waals surface area contributed by atoms with Crippen LogP contribution in [0.4, 0.5) is 0 Å². The van der Waals surface area contributed by atoms with Gasteiger partial charge in [-0.15, -0.1) is 0 Å². The maximum absolute atomic E-state index is 11.4. The number of aromatic nitrogens is 2. The number of rotatable bonds is 4. The SMILES string of the molecule is CC(Cn1cncc1C1(C)CCNC1)S(C)=O. The Bertz CT molecular complexity index is 410. The molecule has 2 heterocycles. The molecule has 1 aliphatic rings. The molecule has 1 aromatic heterocycles. The number of nitrogens with one attached hydrogen (secondary N) is 1. The number of hydrogen-bond acceptors (Lipinski definition) is 3. The molecule has 0 aliphatic carbocycles. The highest BCUT2D eigenvalue weighted by Gasteiger charge is 2.33. The minimum absolute atomic E-state index is 0.168. The van der Waals surface area contributed by atoms with E-state index in [1.807, 2.05) is 19.4 Å². The second-order valence-corrected chi connectivity index (χ2v) is 7.03. The molecule has 0 saturated carbocycles. The van der Waals surface area contributed by atoms with Crippen LogP contribution < -0.4 is 5.32 Å². The van der Waals surface area contributed by atoms with Gasteiger partial charge < -0.3 is 9.88 Å². The van der Waals surface area contributed by atoms with Gasteiger partial charge in [0, 0.05) is 52.7 Å². The summed E-state index contributed by atoms with van der Waals surface area (Å²) in [6, 6.07) is 0. The smallest absolute Gasteiger partial charge is 0.0948 e. The van der Waals surface area contributed by atoms with Crippen LogP contribution in [0.15, 0.2) is 12.5 Å². The monoisotopic (exact) mass is 255 g/mol. The molecule has 1 aliphatic heterocycles. The van der Waals surface area contributed by atoms with E-state index in [-0.39, 0.29) is 10.7 Å². The van der Waals surface area contributed by atoms with Gasteiger partial charge in [-0.2, -0.15) is 0 Å². The third-order valence-electron chi connectivity index (χ3n) is 3.72. The Kier molecular flexibility index (Phi) is 3.68. The zero-order valence-corrected chi connectivity index (χ0v) is 11.6. The maximum atomic E-state index is 11.4. The van der Waals surface area contributed by atoms with E-state index >= 15 is 0 Å². The third-order valence-corrected chi connectivity index (χ3v) is 5.00. The van der Waals surface area contributed by atoms with Crippen LogP contribution in [0.2, 0.25) is 0 Å². The van der Waals surface area contributed by atoms with Gasteiger partial charge in [0.15, 0.2) is 0 Å². The lowest BCUT2D eigenvalue weighted by Gasteiger charge is -2.25. The molecule has 1 aromatic rings. The highest BCUT2D eigenvalue weighted by Crippen LogP contribution is 2.29. The zero-order valence-electron chi connectivity index (χ0n) is 10.8. The van der Waals surface area contributed by atoms with Crippen LogP contribution in [-0.4, -0.2) is 38.4 Å². The van der Waals surface area contributed by atoms with E-state index in [1.54, 1.807) is 6.26 Å². The Labute approximate surface area is 105 Å². The summed E-state index contributed by atoms with van der Waals surface area (Å²) in [7, 11) is -0.783. The topological polar surface area (TPSA) is 46.9 Å². The molecule has 96 valence electrons. The highest BCUT2D eigenvalue weighted by molar-refractivity contribution is 7.84. The van der Waals surface area contributed by atoms with Crippen molar-refractivity contribution in [2.75, 3.05) is 19.3 Å². The lowest BCUT2D eigenvalue weighted by molar-refractivity contribution is 0.470. The molecular formula is C12H21N3OS. The molecule has 3 atom stereocenters. The minimum Gasteiger partial charge on any atom is -0.333 e. The minimum atomic E-state index is -0.783. The van der Waals surface area contributed by atoms with E-state index in [1.165, 1.54) is 5.69 Å². The quantitative estimate of drug-likeness (QED) is 0.869. The van der Waals surface area contributed by atoms with Crippen LogP contribution in [0.3, 0.4) is 0 Å². The summed E-state index contributed by atoms with van der Waals surface area (Å²) in [6.45, 7) is 7.15. The van der Waals surface area contributed by atoms with Crippen LogP contribution in [-0.2, 0) is 22.8 Å². The molecule has 0 bridgehead atoms. The molecule has 1 saturated heterocycles. The lowest BCUT2D eigenvalue weighted by atomic mass is 9.86. The van der Waals surface area contributed by atoms with Crippen LogP contribution in [0.1, 0.15) is 26.0 Å². The van der Waals surface area contributed by atoms with Gasteiger partial charge in [0.25, 0.3) is 0 Å². The molecule has 5 heteroatoms. The average molecular weight is 255 g/mol. The number of hydrogen-bond donors (Lipinski definition) is 1. The maximum Gasteiger partial charge on any atom is 0.0948 e. The Morgan fingerprint density at radius 1 is 1.71 bits per heavy atom. The summed E-state index contributed by atoms with van der Waals surface area (Å²) in [5, 5.41) is 3.57. The van der Waals surface area contributed by atoms with Gasteiger partial charge in [-0.25, -0.2) is 4.98 Å². The Morgan fingerprint density at radius 3 is 3.06 bits per heavy atom. The molecule has 0 spiro atoms. The Morgan fingerprint density at radius 2 is 2.47 bits per heavy atom. The van der Waals surface area contributed by atoms with Gasteiger partial charge in [-0.1, -0.05) is 6.92 Å².